The normalized spacial score (nSPS) is 9.88. The van der Waals surface area contributed by atoms with Crippen LogP contribution in [0.3, 0.4) is 0 Å². The van der Waals surface area contributed by atoms with E-state index in [9.17, 15) is 9.59 Å². The molecule has 0 aromatic carbocycles. The maximum absolute atomic E-state index is 10.5. The Labute approximate surface area is 98.5 Å². The molecule has 0 unspecified atom stereocenters. The molecule has 6 heteroatoms. The fourth-order valence-corrected chi connectivity index (χ4v) is 1.34. The zero-order valence-electron chi connectivity index (χ0n) is 9.24. The molecule has 0 saturated heterocycles. The van der Waals surface area contributed by atoms with Crippen molar-refractivity contribution in [2.24, 2.45) is 0 Å². The zero-order chi connectivity index (χ0) is 12.7. The number of carboxylic acid groups (broad SMARTS) is 2. The maximum atomic E-state index is 10.5. The first-order valence-corrected chi connectivity index (χ1v) is 5.19. The number of hydrogen-bond acceptors (Lipinski definition) is 4. The van der Waals surface area contributed by atoms with Crippen LogP contribution >= 0.6 is 0 Å². The lowest BCUT2D eigenvalue weighted by Crippen LogP contribution is -2.29. The summed E-state index contributed by atoms with van der Waals surface area (Å²) in [7, 11) is 0. The lowest BCUT2D eigenvalue weighted by molar-refractivity contribution is -0.137. The van der Waals surface area contributed by atoms with E-state index in [-0.39, 0.29) is 25.9 Å². The highest BCUT2D eigenvalue weighted by atomic mass is 16.4. The van der Waals surface area contributed by atoms with Gasteiger partial charge in [0.2, 0.25) is 0 Å². The van der Waals surface area contributed by atoms with Crippen LogP contribution in [0.1, 0.15) is 12.8 Å². The quantitative estimate of drug-likeness (QED) is 0.731. The first-order valence-electron chi connectivity index (χ1n) is 5.19. The van der Waals surface area contributed by atoms with E-state index in [1.165, 1.54) is 0 Å². The van der Waals surface area contributed by atoms with Crippen LogP contribution in [0.25, 0.3) is 0 Å². The maximum Gasteiger partial charge on any atom is 0.305 e. The minimum absolute atomic E-state index is 0.0454. The number of aliphatic carboxylic acids is 2. The molecule has 0 aliphatic carbocycles. The highest BCUT2D eigenvalue weighted by Gasteiger charge is 2.11. The van der Waals surface area contributed by atoms with Gasteiger partial charge in [0.05, 0.1) is 12.8 Å². The van der Waals surface area contributed by atoms with Crippen molar-refractivity contribution in [2.45, 2.75) is 12.8 Å². The Morgan fingerprint density at radius 2 is 1.71 bits per heavy atom. The second kappa shape index (κ2) is 6.47. The molecule has 1 aromatic heterocycles. The van der Waals surface area contributed by atoms with Crippen molar-refractivity contribution in [3.63, 3.8) is 0 Å². The first kappa shape index (κ1) is 13.0. The SMILES string of the molecule is O=C(O)CCN(CCC(=O)O)c1ccccn1. The van der Waals surface area contributed by atoms with Crippen LogP contribution in [-0.2, 0) is 9.59 Å². The number of carboxylic acids is 2. The number of aromatic nitrogens is 1. The van der Waals surface area contributed by atoms with E-state index in [1.807, 2.05) is 0 Å². The van der Waals surface area contributed by atoms with E-state index in [4.69, 9.17) is 10.2 Å². The number of pyridine rings is 1. The Morgan fingerprint density at radius 3 is 2.12 bits per heavy atom. The third kappa shape index (κ3) is 4.96. The van der Waals surface area contributed by atoms with E-state index in [0.29, 0.717) is 5.82 Å². The molecule has 0 saturated carbocycles. The van der Waals surface area contributed by atoms with E-state index in [0.717, 1.165) is 0 Å². The summed E-state index contributed by atoms with van der Waals surface area (Å²) in [4.78, 5) is 26.7. The summed E-state index contributed by atoms with van der Waals surface area (Å²) >= 11 is 0. The van der Waals surface area contributed by atoms with E-state index in [1.54, 1.807) is 29.3 Å². The van der Waals surface area contributed by atoms with Crippen LogP contribution in [0.5, 0.6) is 0 Å². The van der Waals surface area contributed by atoms with Gasteiger partial charge in [-0.05, 0) is 12.1 Å². The molecule has 0 spiro atoms. The summed E-state index contributed by atoms with van der Waals surface area (Å²) in [6, 6.07) is 5.25. The Balaban J connectivity index is 2.64. The lowest BCUT2D eigenvalue weighted by Gasteiger charge is -2.21. The highest BCUT2D eigenvalue weighted by molar-refractivity contribution is 5.68. The molecule has 0 bridgehead atoms. The van der Waals surface area contributed by atoms with Gasteiger partial charge in [-0.15, -0.1) is 0 Å². The van der Waals surface area contributed by atoms with Gasteiger partial charge in [-0.25, -0.2) is 4.98 Å². The Hall–Kier alpha value is -2.11. The molecule has 92 valence electrons. The lowest BCUT2D eigenvalue weighted by atomic mass is 10.3. The number of carbonyl (C=O) groups is 2. The van der Waals surface area contributed by atoms with Gasteiger partial charge in [-0.3, -0.25) is 9.59 Å². The fraction of sp³-hybridized carbons (Fsp3) is 0.364. The molecular formula is C11H14N2O4. The van der Waals surface area contributed by atoms with Gasteiger partial charge in [0.25, 0.3) is 0 Å². The third-order valence-corrected chi connectivity index (χ3v) is 2.16. The highest BCUT2D eigenvalue weighted by Crippen LogP contribution is 2.10. The largest absolute Gasteiger partial charge is 0.481 e. The monoisotopic (exact) mass is 238 g/mol. The van der Waals surface area contributed by atoms with Crippen LogP contribution in [0.15, 0.2) is 24.4 Å². The number of nitrogens with zero attached hydrogens (tertiary/aromatic N) is 2. The minimum Gasteiger partial charge on any atom is -0.481 e. The van der Waals surface area contributed by atoms with Crippen LogP contribution in [0.4, 0.5) is 5.82 Å². The Morgan fingerprint density at radius 1 is 1.12 bits per heavy atom. The molecule has 6 nitrogen and oxygen atoms in total. The molecule has 0 aliphatic rings. The molecule has 0 aliphatic heterocycles. The molecular weight excluding hydrogens is 224 g/mol. The van der Waals surface area contributed by atoms with E-state index < -0.39 is 11.9 Å². The molecule has 0 amide bonds. The van der Waals surface area contributed by atoms with E-state index in [2.05, 4.69) is 4.98 Å². The van der Waals surface area contributed by atoms with Crippen molar-refractivity contribution in [1.29, 1.82) is 0 Å². The zero-order valence-corrected chi connectivity index (χ0v) is 9.24. The molecule has 0 atom stereocenters. The van der Waals surface area contributed by atoms with E-state index >= 15 is 0 Å². The predicted octanol–water partition coefficient (Wildman–Crippen LogP) is 0.837. The number of anilines is 1. The van der Waals surface area contributed by atoms with Gasteiger partial charge >= 0.3 is 11.9 Å². The molecule has 17 heavy (non-hydrogen) atoms. The standard InChI is InChI=1S/C11H14N2O4/c14-10(15)4-7-13(8-5-11(16)17)9-3-1-2-6-12-9/h1-3,6H,4-5,7-8H2,(H,14,15)(H,16,17). The second-order valence-electron chi connectivity index (χ2n) is 3.46. The molecule has 2 N–H and O–H groups in total. The third-order valence-electron chi connectivity index (χ3n) is 2.16. The van der Waals surface area contributed by atoms with Gasteiger partial charge in [0, 0.05) is 19.3 Å². The summed E-state index contributed by atoms with van der Waals surface area (Å²) in [6.45, 7) is 0.499. The van der Waals surface area contributed by atoms with Gasteiger partial charge in [0.15, 0.2) is 0 Å². The Kier molecular flexibility index (Phi) is 4.93. The van der Waals surface area contributed by atoms with Gasteiger partial charge < -0.3 is 15.1 Å². The summed E-state index contributed by atoms with van der Waals surface area (Å²) < 4.78 is 0. The summed E-state index contributed by atoms with van der Waals surface area (Å²) in [5.74, 6) is -1.24. The average Bonchev–Trinajstić information content (AvgIpc) is 2.29. The molecule has 0 radical (unpaired) electrons. The van der Waals surface area contributed by atoms with Crippen molar-refractivity contribution in [1.82, 2.24) is 4.98 Å². The minimum atomic E-state index is -0.916. The van der Waals surface area contributed by atoms with Crippen molar-refractivity contribution in [2.75, 3.05) is 18.0 Å². The van der Waals surface area contributed by atoms with Crippen LogP contribution < -0.4 is 4.90 Å². The molecule has 1 aromatic rings. The van der Waals surface area contributed by atoms with Crippen molar-refractivity contribution < 1.29 is 19.8 Å². The van der Waals surface area contributed by atoms with Crippen LogP contribution in [0.2, 0.25) is 0 Å². The van der Waals surface area contributed by atoms with Crippen molar-refractivity contribution >= 4 is 17.8 Å². The second-order valence-corrected chi connectivity index (χ2v) is 3.46. The number of hydrogen-bond donors (Lipinski definition) is 2. The van der Waals surface area contributed by atoms with Gasteiger partial charge in [-0.1, -0.05) is 6.07 Å². The Bertz CT molecular complexity index is 362. The van der Waals surface area contributed by atoms with Gasteiger partial charge in [0.1, 0.15) is 5.82 Å². The molecule has 1 heterocycles. The fourth-order valence-electron chi connectivity index (χ4n) is 1.34. The van der Waals surface area contributed by atoms with Crippen molar-refractivity contribution in [3.8, 4) is 0 Å². The summed E-state index contributed by atoms with van der Waals surface area (Å²) in [6.07, 6.45) is 1.50. The van der Waals surface area contributed by atoms with Crippen molar-refractivity contribution in [3.05, 3.63) is 24.4 Å². The summed E-state index contributed by atoms with van der Waals surface area (Å²) in [5.41, 5.74) is 0. The number of rotatable bonds is 7. The first-order chi connectivity index (χ1) is 8.09. The van der Waals surface area contributed by atoms with Gasteiger partial charge in [-0.2, -0.15) is 0 Å². The predicted molar refractivity (Wildman–Crippen MR) is 61.0 cm³/mol. The average molecular weight is 238 g/mol. The topological polar surface area (TPSA) is 90.7 Å². The molecule has 1 rings (SSSR count). The smallest absolute Gasteiger partial charge is 0.305 e. The van der Waals surface area contributed by atoms with Crippen LogP contribution in [-0.4, -0.2) is 40.2 Å². The summed E-state index contributed by atoms with van der Waals surface area (Å²) in [5, 5.41) is 17.2. The molecule has 0 fully saturated rings. The van der Waals surface area contributed by atoms with Crippen LogP contribution in [0, 0.1) is 0 Å².